The Kier molecular flexibility index (Phi) is 5.66. The molecule has 94 valence electrons. The molecule has 17 heavy (non-hydrogen) atoms. The third kappa shape index (κ3) is 4.54. The molecule has 1 rings (SSSR count). The van der Waals surface area contributed by atoms with E-state index in [2.05, 4.69) is 0 Å². The quantitative estimate of drug-likeness (QED) is 0.768. The van der Waals surface area contributed by atoms with Crippen molar-refractivity contribution >= 4 is 5.97 Å². The highest BCUT2D eigenvalue weighted by atomic mass is 16.5. The van der Waals surface area contributed by atoms with Crippen LogP contribution in [0.4, 0.5) is 0 Å². The van der Waals surface area contributed by atoms with Gasteiger partial charge in [-0.25, -0.2) is 0 Å². The lowest BCUT2D eigenvalue weighted by atomic mass is 10.0. The number of hydrogen-bond donors (Lipinski definition) is 1. The van der Waals surface area contributed by atoms with Gasteiger partial charge in [0.1, 0.15) is 0 Å². The lowest BCUT2D eigenvalue weighted by Crippen LogP contribution is -2.10. The molecule has 0 radical (unpaired) electrons. The fraction of sp³-hybridized carbons (Fsp3) is 0.462. The lowest BCUT2D eigenvalue weighted by molar-refractivity contribution is -0.145. The summed E-state index contributed by atoms with van der Waals surface area (Å²) in [6.07, 6.45) is -0.831. The van der Waals surface area contributed by atoms with E-state index in [0.29, 0.717) is 18.8 Å². The van der Waals surface area contributed by atoms with Crippen molar-refractivity contribution in [2.75, 3.05) is 13.7 Å². The molecule has 1 atom stereocenters. The fourth-order valence-electron chi connectivity index (χ4n) is 1.50. The summed E-state index contributed by atoms with van der Waals surface area (Å²) in [6.45, 7) is 2.61. The lowest BCUT2D eigenvalue weighted by Gasteiger charge is -2.10. The van der Waals surface area contributed by atoms with Crippen molar-refractivity contribution in [2.45, 2.75) is 26.1 Å². The Morgan fingerprint density at radius 3 is 2.53 bits per heavy atom. The normalized spacial score (nSPS) is 12.2. The van der Waals surface area contributed by atoms with Gasteiger partial charge < -0.3 is 14.6 Å². The monoisotopic (exact) mass is 238 g/mol. The number of rotatable bonds is 6. The second-order valence-corrected chi connectivity index (χ2v) is 3.70. The van der Waals surface area contributed by atoms with E-state index in [-0.39, 0.29) is 12.4 Å². The number of carbonyl (C=O) groups excluding carboxylic acids is 1. The molecule has 4 heteroatoms. The largest absolute Gasteiger partial charge is 0.466 e. The van der Waals surface area contributed by atoms with Gasteiger partial charge in [-0.05, 0) is 18.1 Å². The van der Waals surface area contributed by atoms with Crippen molar-refractivity contribution in [2.24, 2.45) is 0 Å². The van der Waals surface area contributed by atoms with Crippen LogP contribution in [-0.2, 0) is 20.9 Å². The van der Waals surface area contributed by atoms with Crippen molar-refractivity contribution in [3.63, 3.8) is 0 Å². The summed E-state index contributed by atoms with van der Waals surface area (Å²) in [5.74, 6) is -0.388. The molecule has 1 aromatic rings. The molecule has 1 aromatic carbocycles. The third-order valence-corrected chi connectivity index (χ3v) is 2.34. The summed E-state index contributed by atoms with van der Waals surface area (Å²) in [5.41, 5.74) is 1.73. The molecule has 0 spiro atoms. The SMILES string of the molecule is CCOC(=O)CC(O)c1ccc(COC)cc1. The highest BCUT2D eigenvalue weighted by molar-refractivity contribution is 5.70. The van der Waals surface area contributed by atoms with Gasteiger partial charge in [0.25, 0.3) is 0 Å². The Labute approximate surface area is 101 Å². The molecule has 0 heterocycles. The molecule has 0 fully saturated rings. The Morgan fingerprint density at radius 2 is 2.00 bits per heavy atom. The zero-order valence-corrected chi connectivity index (χ0v) is 10.2. The standard InChI is InChI=1S/C13H18O4/c1-3-17-13(15)8-12(14)11-6-4-10(5-7-11)9-16-2/h4-7,12,14H,3,8-9H2,1-2H3. The number of benzene rings is 1. The van der Waals surface area contributed by atoms with Crippen molar-refractivity contribution in [1.82, 2.24) is 0 Å². The number of aliphatic hydroxyl groups is 1. The summed E-state index contributed by atoms with van der Waals surface area (Å²) in [6, 6.07) is 7.32. The van der Waals surface area contributed by atoms with E-state index in [4.69, 9.17) is 9.47 Å². The second kappa shape index (κ2) is 7.04. The Balaban J connectivity index is 2.56. The molecule has 0 amide bonds. The number of esters is 1. The number of hydrogen-bond acceptors (Lipinski definition) is 4. The predicted molar refractivity (Wildman–Crippen MR) is 63.4 cm³/mol. The molecule has 1 N–H and O–H groups in total. The molecule has 4 nitrogen and oxygen atoms in total. The van der Waals surface area contributed by atoms with Crippen LogP contribution in [0.2, 0.25) is 0 Å². The maximum absolute atomic E-state index is 11.2. The zero-order valence-electron chi connectivity index (χ0n) is 10.2. The Morgan fingerprint density at radius 1 is 1.35 bits per heavy atom. The van der Waals surface area contributed by atoms with E-state index >= 15 is 0 Å². The summed E-state index contributed by atoms with van der Waals surface area (Å²) in [4.78, 5) is 11.2. The topological polar surface area (TPSA) is 55.8 Å². The first-order valence-corrected chi connectivity index (χ1v) is 5.58. The highest BCUT2D eigenvalue weighted by Gasteiger charge is 2.13. The first kappa shape index (κ1) is 13.7. The van der Waals surface area contributed by atoms with Crippen molar-refractivity contribution < 1.29 is 19.4 Å². The summed E-state index contributed by atoms with van der Waals surface area (Å²) in [5, 5.41) is 9.81. The van der Waals surface area contributed by atoms with Crippen molar-refractivity contribution in [3.8, 4) is 0 Å². The highest BCUT2D eigenvalue weighted by Crippen LogP contribution is 2.18. The van der Waals surface area contributed by atoms with Crippen LogP contribution in [0, 0.1) is 0 Å². The van der Waals surface area contributed by atoms with Crippen LogP contribution in [0.15, 0.2) is 24.3 Å². The minimum Gasteiger partial charge on any atom is -0.466 e. The van der Waals surface area contributed by atoms with Crippen LogP contribution in [0.5, 0.6) is 0 Å². The van der Waals surface area contributed by atoms with E-state index in [0.717, 1.165) is 5.56 Å². The molecule has 0 bridgehead atoms. The van der Waals surface area contributed by atoms with Crippen LogP contribution in [0.3, 0.4) is 0 Å². The van der Waals surface area contributed by atoms with Crippen molar-refractivity contribution in [1.29, 1.82) is 0 Å². The Hall–Kier alpha value is -1.39. The molecule has 0 saturated heterocycles. The van der Waals surface area contributed by atoms with Crippen LogP contribution >= 0.6 is 0 Å². The maximum atomic E-state index is 11.2. The van der Waals surface area contributed by atoms with Gasteiger partial charge in [-0.3, -0.25) is 4.79 Å². The molecule has 0 aliphatic heterocycles. The van der Waals surface area contributed by atoms with Gasteiger partial charge in [-0.15, -0.1) is 0 Å². The van der Waals surface area contributed by atoms with Gasteiger partial charge >= 0.3 is 5.97 Å². The van der Waals surface area contributed by atoms with E-state index in [1.165, 1.54) is 0 Å². The molecular formula is C13H18O4. The Bertz CT molecular complexity index is 345. The van der Waals surface area contributed by atoms with Gasteiger partial charge in [0, 0.05) is 7.11 Å². The summed E-state index contributed by atoms with van der Waals surface area (Å²) in [7, 11) is 1.63. The van der Waals surface area contributed by atoms with E-state index < -0.39 is 6.10 Å². The molecule has 0 aliphatic rings. The third-order valence-electron chi connectivity index (χ3n) is 2.34. The fourth-order valence-corrected chi connectivity index (χ4v) is 1.50. The second-order valence-electron chi connectivity index (χ2n) is 3.70. The smallest absolute Gasteiger partial charge is 0.308 e. The van der Waals surface area contributed by atoms with E-state index in [1.54, 1.807) is 26.2 Å². The molecule has 0 aromatic heterocycles. The zero-order chi connectivity index (χ0) is 12.7. The van der Waals surface area contributed by atoms with E-state index in [9.17, 15) is 9.90 Å². The van der Waals surface area contributed by atoms with E-state index in [1.807, 2.05) is 12.1 Å². The molecule has 0 saturated carbocycles. The predicted octanol–water partition coefficient (Wildman–Crippen LogP) is 1.82. The molecule has 0 aliphatic carbocycles. The average Bonchev–Trinajstić information content (AvgIpc) is 2.30. The summed E-state index contributed by atoms with van der Waals surface area (Å²) < 4.78 is 9.77. The number of ether oxygens (including phenoxy) is 2. The number of aliphatic hydroxyl groups excluding tert-OH is 1. The molecule has 1 unspecified atom stereocenters. The first-order valence-electron chi connectivity index (χ1n) is 5.58. The van der Waals surface area contributed by atoms with Gasteiger partial charge in [0.2, 0.25) is 0 Å². The molecular weight excluding hydrogens is 220 g/mol. The van der Waals surface area contributed by atoms with Gasteiger partial charge in [-0.1, -0.05) is 24.3 Å². The van der Waals surface area contributed by atoms with Gasteiger partial charge in [0.15, 0.2) is 0 Å². The summed E-state index contributed by atoms with van der Waals surface area (Å²) >= 11 is 0. The van der Waals surface area contributed by atoms with Crippen molar-refractivity contribution in [3.05, 3.63) is 35.4 Å². The van der Waals surface area contributed by atoms with Crippen LogP contribution in [0.1, 0.15) is 30.6 Å². The number of carbonyl (C=O) groups is 1. The maximum Gasteiger partial charge on any atom is 0.308 e. The van der Waals surface area contributed by atoms with Gasteiger partial charge in [0.05, 0.1) is 25.7 Å². The van der Waals surface area contributed by atoms with Crippen LogP contribution < -0.4 is 0 Å². The minimum absolute atomic E-state index is 0.0164. The van der Waals surface area contributed by atoms with Gasteiger partial charge in [-0.2, -0.15) is 0 Å². The minimum atomic E-state index is -0.814. The van der Waals surface area contributed by atoms with Crippen LogP contribution in [0.25, 0.3) is 0 Å². The average molecular weight is 238 g/mol. The number of methoxy groups -OCH3 is 1. The van der Waals surface area contributed by atoms with Crippen LogP contribution in [-0.4, -0.2) is 24.8 Å². The first-order chi connectivity index (χ1) is 8.17.